The number of aliphatic hydroxyl groups excluding tert-OH is 1. The molecule has 0 aliphatic carbocycles. The second-order valence-electron chi connectivity index (χ2n) is 6.84. The lowest BCUT2D eigenvalue weighted by Gasteiger charge is -2.35. The standard InChI is InChI=1S/C22H23N3O3/c26-15-19-14-18-8-4-5-9-20(18)23-21(19)24-10-12-25(13-11-24)22(27)28-16-17-6-2-1-3-7-17/h1-9,14,26H,10-13,15-16H2. The van der Waals surface area contributed by atoms with Crippen molar-refractivity contribution in [2.24, 2.45) is 0 Å². The Labute approximate surface area is 164 Å². The highest BCUT2D eigenvalue weighted by Crippen LogP contribution is 2.25. The Balaban J connectivity index is 1.40. The smallest absolute Gasteiger partial charge is 0.410 e. The number of para-hydroxylation sites is 1. The van der Waals surface area contributed by atoms with Crippen LogP contribution in [-0.2, 0) is 18.0 Å². The number of ether oxygens (including phenoxy) is 1. The largest absolute Gasteiger partial charge is 0.445 e. The minimum atomic E-state index is -0.294. The lowest BCUT2D eigenvalue weighted by Crippen LogP contribution is -2.49. The SMILES string of the molecule is O=C(OCc1ccccc1)N1CCN(c2nc3ccccc3cc2CO)CC1. The Hall–Kier alpha value is -3.12. The summed E-state index contributed by atoms with van der Waals surface area (Å²) in [6.45, 7) is 2.64. The number of nitrogens with zero attached hydrogens (tertiary/aromatic N) is 3. The van der Waals surface area contributed by atoms with E-state index in [0.29, 0.717) is 26.2 Å². The molecule has 1 saturated heterocycles. The van der Waals surface area contributed by atoms with Gasteiger partial charge in [0.2, 0.25) is 0 Å². The average Bonchev–Trinajstić information content (AvgIpc) is 2.77. The lowest BCUT2D eigenvalue weighted by atomic mass is 10.1. The first kappa shape index (κ1) is 18.3. The van der Waals surface area contributed by atoms with Gasteiger partial charge in [0.25, 0.3) is 0 Å². The number of aliphatic hydroxyl groups is 1. The molecule has 4 rings (SSSR count). The van der Waals surface area contributed by atoms with E-state index in [1.807, 2.05) is 60.7 Å². The van der Waals surface area contributed by atoms with Crippen LogP contribution in [0.5, 0.6) is 0 Å². The van der Waals surface area contributed by atoms with Gasteiger partial charge in [-0.25, -0.2) is 9.78 Å². The first-order valence-corrected chi connectivity index (χ1v) is 9.44. The third-order valence-corrected chi connectivity index (χ3v) is 4.99. The van der Waals surface area contributed by atoms with Gasteiger partial charge >= 0.3 is 6.09 Å². The van der Waals surface area contributed by atoms with Crippen molar-refractivity contribution in [2.45, 2.75) is 13.2 Å². The molecule has 3 aromatic rings. The summed E-state index contributed by atoms with van der Waals surface area (Å²) in [6, 6.07) is 19.5. The van der Waals surface area contributed by atoms with Gasteiger partial charge in [0.05, 0.1) is 12.1 Å². The second-order valence-corrected chi connectivity index (χ2v) is 6.84. The Kier molecular flexibility index (Phi) is 5.39. The van der Waals surface area contributed by atoms with Crippen LogP contribution in [0.3, 0.4) is 0 Å². The van der Waals surface area contributed by atoms with Crippen LogP contribution in [0, 0.1) is 0 Å². The lowest BCUT2D eigenvalue weighted by molar-refractivity contribution is 0.0941. The molecule has 6 nitrogen and oxygen atoms in total. The zero-order valence-corrected chi connectivity index (χ0v) is 15.6. The number of piperazine rings is 1. The molecule has 1 aliphatic heterocycles. The van der Waals surface area contributed by atoms with Gasteiger partial charge in [-0.05, 0) is 17.7 Å². The number of carbonyl (C=O) groups is 1. The molecule has 0 atom stereocenters. The quantitative estimate of drug-likeness (QED) is 0.756. The van der Waals surface area contributed by atoms with Crippen LogP contribution in [0.4, 0.5) is 10.6 Å². The van der Waals surface area contributed by atoms with Crippen LogP contribution < -0.4 is 4.90 Å². The average molecular weight is 377 g/mol. The van der Waals surface area contributed by atoms with E-state index < -0.39 is 0 Å². The van der Waals surface area contributed by atoms with Gasteiger partial charge in [-0.15, -0.1) is 0 Å². The number of aromatic nitrogens is 1. The molecule has 0 radical (unpaired) electrons. The molecule has 1 aromatic heterocycles. The highest BCUT2D eigenvalue weighted by Gasteiger charge is 2.24. The first-order chi connectivity index (χ1) is 13.7. The van der Waals surface area contributed by atoms with E-state index in [-0.39, 0.29) is 19.3 Å². The summed E-state index contributed by atoms with van der Waals surface area (Å²) in [5.74, 6) is 0.790. The Morgan fingerprint density at radius 2 is 1.71 bits per heavy atom. The molecule has 0 saturated carbocycles. The molecular formula is C22H23N3O3. The molecule has 28 heavy (non-hydrogen) atoms. The molecule has 0 unspecified atom stereocenters. The van der Waals surface area contributed by atoms with E-state index >= 15 is 0 Å². The molecule has 1 fully saturated rings. The van der Waals surface area contributed by atoms with Gasteiger partial charge in [-0.2, -0.15) is 0 Å². The van der Waals surface area contributed by atoms with Crippen LogP contribution in [-0.4, -0.2) is 47.3 Å². The maximum atomic E-state index is 12.3. The first-order valence-electron chi connectivity index (χ1n) is 9.44. The van der Waals surface area contributed by atoms with Gasteiger partial charge in [-0.3, -0.25) is 0 Å². The van der Waals surface area contributed by atoms with Crippen molar-refractivity contribution in [3.63, 3.8) is 0 Å². The van der Waals surface area contributed by atoms with Crippen molar-refractivity contribution in [3.8, 4) is 0 Å². The number of benzene rings is 2. The number of anilines is 1. The van der Waals surface area contributed by atoms with E-state index in [0.717, 1.165) is 27.8 Å². The molecule has 1 N–H and O–H groups in total. The fraction of sp³-hybridized carbons (Fsp3) is 0.273. The highest BCUT2D eigenvalue weighted by atomic mass is 16.6. The third kappa shape index (κ3) is 3.92. The molecular weight excluding hydrogens is 354 g/mol. The van der Waals surface area contributed by atoms with E-state index in [2.05, 4.69) is 4.90 Å². The molecule has 0 bridgehead atoms. The van der Waals surface area contributed by atoms with E-state index in [1.54, 1.807) is 4.90 Å². The predicted molar refractivity (Wildman–Crippen MR) is 108 cm³/mol. The number of amides is 1. The van der Waals surface area contributed by atoms with Gasteiger partial charge in [0.15, 0.2) is 0 Å². The molecule has 2 aromatic carbocycles. The molecule has 2 heterocycles. The fourth-order valence-corrected chi connectivity index (χ4v) is 3.45. The monoisotopic (exact) mass is 377 g/mol. The number of hydrogen-bond acceptors (Lipinski definition) is 5. The Bertz CT molecular complexity index is 954. The fourth-order valence-electron chi connectivity index (χ4n) is 3.45. The maximum Gasteiger partial charge on any atom is 0.410 e. The van der Waals surface area contributed by atoms with Crippen molar-refractivity contribution in [1.29, 1.82) is 0 Å². The van der Waals surface area contributed by atoms with Crippen LogP contribution in [0.25, 0.3) is 10.9 Å². The van der Waals surface area contributed by atoms with Gasteiger partial charge in [0.1, 0.15) is 12.4 Å². The third-order valence-electron chi connectivity index (χ3n) is 4.99. The van der Waals surface area contributed by atoms with Crippen molar-refractivity contribution >= 4 is 22.8 Å². The summed E-state index contributed by atoms with van der Waals surface area (Å²) < 4.78 is 5.42. The summed E-state index contributed by atoms with van der Waals surface area (Å²) in [4.78, 5) is 20.9. The van der Waals surface area contributed by atoms with Gasteiger partial charge in [-0.1, -0.05) is 48.5 Å². The molecule has 1 aliphatic rings. The Morgan fingerprint density at radius 3 is 2.46 bits per heavy atom. The highest BCUT2D eigenvalue weighted by molar-refractivity contribution is 5.82. The van der Waals surface area contributed by atoms with Crippen LogP contribution in [0.15, 0.2) is 60.7 Å². The van der Waals surface area contributed by atoms with Crippen LogP contribution in [0.2, 0.25) is 0 Å². The summed E-state index contributed by atoms with van der Waals surface area (Å²) in [6.07, 6.45) is -0.294. The summed E-state index contributed by atoms with van der Waals surface area (Å²) in [5.41, 5.74) is 2.68. The van der Waals surface area contributed by atoms with Crippen molar-refractivity contribution < 1.29 is 14.6 Å². The van der Waals surface area contributed by atoms with Gasteiger partial charge < -0.3 is 19.6 Å². The number of fused-ring (bicyclic) bond motifs is 1. The number of rotatable bonds is 4. The zero-order chi connectivity index (χ0) is 19.3. The summed E-state index contributed by atoms with van der Waals surface area (Å²) in [5, 5.41) is 10.8. The molecule has 0 spiro atoms. The minimum absolute atomic E-state index is 0.0630. The summed E-state index contributed by atoms with van der Waals surface area (Å²) in [7, 11) is 0. The Morgan fingerprint density at radius 1 is 1.00 bits per heavy atom. The topological polar surface area (TPSA) is 65.9 Å². The van der Waals surface area contributed by atoms with Crippen molar-refractivity contribution in [3.05, 3.63) is 71.8 Å². The van der Waals surface area contributed by atoms with Crippen molar-refractivity contribution in [2.75, 3.05) is 31.1 Å². The number of carbonyl (C=O) groups excluding carboxylic acids is 1. The van der Waals surface area contributed by atoms with Crippen LogP contribution in [0.1, 0.15) is 11.1 Å². The normalized spacial score (nSPS) is 14.3. The zero-order valence-electron chi connectivity index (χ0n) is 15.6. The van der Waals surface area contributed by atoms with Crippen LogP contribution >= 0.6 is 0 Å². The van der Waals surface area contributed by atoms with E-state index in [9.17, 15) is 9.90 Å². The molecule has 6 heteroatoms. The molecule has 144 valence electrons. The van der Waals surface area contributed by atoms with Gasteiger partial charge in [0, 0.05) is 37.1 Å². The maximum absolute atomic E-state index is 12.3. The predicted octanol–water partition coefficient (Wildman–Crippen LogP) is 3.19. The minimum Gasteiger partial charge on any atom is -0.445 e. The second kappa shape index (κ2) is 8.27. The van der Waals surface area contributed by atoms with Crippen molar-refractivity contribution in [1.82, 2.24) is 9.88 Å². The number of pyridine rings is 1. The molecule has 1 amide bonds. The van der Waals surface area contributed by atoms with E-state index in [4.69, 9.17) is 9.72 Å². The van der Waals surface area contributed by atoms with E-state index in [1.165, 1.54) is 0 Å². The number of hydrogen-bond donors (Lipinski definition) is 1. The summed E-state index contributed by atoms with van der Waals surface area (Å²) >= 11 is 0.